The molecule has 158 valence electrons. The van der Waals surface area contributed by atoms with Gasteiger partial charge in [0.25, 0.3) is 5.91 Å². The lowest BCUT2D eigenvalue weighted by molar-refractivity contribution is -0.130. The van der Waals surface area contributed by atoms with Crippen molar-refractivity contribution in [3.8, 4) is 6.07 Å². The van der Waals surface area contributed by atoms with Crippen LogP contribution >= 0.6 is 0 Å². The molecule has 1 aliphatic rings. The van der Waals surface area contributed by atoms with E-state index in [1.54, 1.807) is 11.9 Å². The van der Waals surface area contributed by atoms with E-state index in [9.17, 15) is 9.59 Å². The maximum Gasteiger partial charge on any atom is 0.251 e. The summed E-state index contributed by atoms with van der Waals surface area (Å²) >= 11 is 0. The second-order valence-electron chi connectivity index (χ2n) is 7.98. The van der Waals surface area contributed by atoms with Crippen LogP contribution in [0, 0.1) is 25.2 Å². The van der Waals surface area contributed by atoms with Gasteiger partial charge in [0.1, 0.15) is 0 Å². The summed E-state index contributed by atoms with van der Waals surface area (Å²) in [5.74, 6) is 0.0312. The van der Waals surface area contributed by atoms with Crippen LogP contribution in [0.5, 0.6) is 0 Å². The highest BCUT2D eigenvalue weighted by molar-refractivity contribution is 5.94. The Hall–Kier alpha value is -3.14. The Morgan fingerprint density at radius 1 is 1.27 bits per heavy atom. The second kappa shape index (κ2) is 9.57. The lowest BCUT2D eigenvalue weighted by atomic mass is 10.1. The summed E-state index contributed by atoms with van der Waals surface area (Å²) in [7, 11) is 1.80. The number of nitrogens with zero attached hydrogens (tertiary/aromatic N) is 4. The molecule has 0 unspecified atom stereocenters. The Morgan fingerprint density at radius 2 is 1.97 bits per heavy atom. The number of aryl methyl sites for hydroxylation is 2. The summed E-state index contributed by atoms with van der Waals surface area (Å²) in [6, 6.07) is 9.91. The molecule has 7 heteroatoms. The van der Waals surface area contributed by atoms with Gasteiger partial charge >= 0.3 is 0 Å². The molecule has 0 spiro atoms. The predicted molar refractivity (Wildman–Crippen MR) is 114 cm³/mol. The molecule has 2 amide bonds. The summed E-state index contributed by atoms with van der Waals surface area (Å²) in [5.41, 5.74) is 4.67. The van der Waals surface area contributed by atoms with Gasteiger partial charge in [-0.05, 0) is 56.4 Å². The Kier molecular flexibility index (Phi) is 6.88. The van der Waals surface area contributed by atoms with Crippen LogP contribution in [0.1, 0.15) is 58.6 Å². The van der Waals surface area contributed by atoms with Crippen molar-refractivity contribution in [2.24, 2.45) is 0 Å². The van der Waals surface area contributed by atoms with Gasteiger partial charge < -0.3 is 10.2 Å². The fourth-order valence-electron chi connectivity index (χ4n) is 3.51. The first-order valence-corrected chi connectivity index (χ1v) is 10.4. The average molecular weight is 408 g/mol. The molecule has 2 aromatic rings. The van der Waals surface area contributed by atoms with Crippen molar-refractivity contribution < 1.29 is 9.59 Å². The van der Waals surface area contributed by atoms with E-state index in [-0.39, 0.29) is 11.8 Å². The van der Waals surface area contributed by atoms with E-state index < -0.39 is 0 Å². The van der Waals surface area contributed by atoms with Crippen molar-refractivity contribution in [1.82, 2.24) is 20.0 Å². The normalized spacial score (nSPS) is 13.0. The minimum Gasteiger partial charge on any atom is -0.349 e. The highest BCUT2D eigenvalue weighted by atomic mass is 16.2. The summed E-state index contributed by atoms with van der Waals surface area (Å²) in [6.45, 7) is 5.01. The van der Waals surface area contributed by atoms with E-state index in [0.29, 0.717) is 44.0 Å². The van der Waals surface area contributed by atoms with E-state index in [1.807, 2.05) is 42.8 Å². The standard InChI is InChI=1S/C23H29N5O2/c1-16-21(17(2)28(26-16)14-4-13-24)11-12-22(29)27(3)15-18-5-7-19(8-6-18)23(30)25-20-9-10-20/h5-8,20H,4,9-12,14-15H2,1-3H3,(H,25,30). The number of aromatic nitrogens is 2. The molecule has 0 radical (unpaired) electrons. The van der Waals surface area contributed by atoms with Gasteiger partial charge in [0.15, 0.2) is 0 Å². The Balaban J connectivity index is 1.52. The number of nitriles is 1. The van der Waals surface area contributed by atoms with Gasteiger partial charge in [-0.15, -0.1) is 0 Å². The molecule has 1 aromatic heterocycles. The maximum absolute atomic E-state index is 12.6. The van der Waals surface area contributed by atoms with Gasteiger partial charge in [0.2, 0.25) is 5.91 Å². The van der Waals surface area contributed by atoms with E-state index in [0.717, 1.165) is 35.4 Å². The molecule has 0 saturated heterocycles. The summed E-state index contributed by atoms with van der Waals surface area (Å²) in [5, 5.41) is 16.2. The molecule has 3 rings (SSSR count). The van der Waals surface area contributed by atoms with Gasteiger partial charge in [-0.1, -0.05) is 12.1 Å². The minimum absolute atomic E-state index is 0.0328. The van der Waals surface area contributed by atoms with Crippen LogP contribution in [0.15, 0.2) is 24.3 Å². The summed E-state index contributed by atoms with van der Waals surface area (Å²) < 4.78 is 1.85. The van der Waals surface area contributed by atoms with Crippen molar-refractivity contribution in [1.29, 1.82) is 5.26 Å². The molecule has 0 atom stereocenters. The van der Waals surface area contributed by atoms with Crippen molar-refractivity contribution in [2.75, 3.05) is 7.05 Å². The number of nitrogens with one attached hydrogen (secondary N) is 1. The molecule has 1 aromatic carbocycles. The van der Waals surface area contributed by atoms with Gasteiger partial charge in [-0.25, -0.2) is 0 Å². The Labute approximate surface area is 177 Å². The van der Waals surface area contributed by atoms with E-state index in [2.05, 4.69) is 16.5 Å². The second-order valence-corrected chi connectivity index (χ2v) is 7.98. The Bertz CT molecular complexity index is 951. The molecule has 1 fully saturated rings. The number of benzene rings is 1. The minimum atomic E-state index is -0.0328. The number of hydrogen-bond acceptors (Lipinski definition) is 4. The highest BCUT2D eigenvalue weighted by Crippen LogP contribution is 2.20. The van der Waals surface area contributed by atoms with Crippen LogP contribution in [0.3, 0.4) is 0 Å². The SMILES string of the molecule is Cc1nn(CCC#N)c(C)c1CCC(=O)N(C)Cc1ccc(C(=O)NC2CC2)cc1. The first-order chi connectivity index (χ1) is 14.4. The summed E-state index contributed by atoms with van der Waals surface area (Å²) in [6.07, 6.45) is 3.59. The van der Waals surface area contributed by atoms with Crippen LogP contribution in [-0.2, 0) is 24.3 Å². The number of amides is 2. The summed E-state index contributed by atoms with van der Waals surface area (Å²) in [4.78, 5) is 26.4. The van der Waals surface area contributed by atoms with Crippen molar-refractivity contribution in [2.45, 2.75) is 65.1 Å². The van der Waals surface area contributed by atoms with Gasteiger partial charge in [-0.3, -0.25) is 14.3 Å². The number of hydrogen-bond donors (Lipinski definition) is 1. The molecule has 1 N–H and O–H groups in total. The number of rotatable bonds is 9. The van der Waals surface area contributed by atoms with E-state index >= 15 is 0 Å². The third-order valence-electron chi connectivity index (χ3n) is 5.53. The first kappa shape index (κ1) is 21.6. The topological polar surface area (TPSA) is 91.0 Å². The third kappa shape index (κ3) is 5.47. The highest BCUT2D eigenvalue weighted by Gasteiger charge is 2.23. The van der Waals surface area contributed by atoms with Gasteiger partial charge in [-0.2, -0.15) is 10.4 Å². The third-order valence-corrected chi connectivity index (χ3v) is 5.53. The fourth-order valence-corrected chi connectivity index (χ4v) is 3.51. The fraction of sp³-hybridized carbons (Fsp3) is 0.478. The van der Waals surface area contributed by atoms with Crippen molar-refractivity contribution in [3.05, 3.63) is 52.3 Å². The lowest BCUT2D eigenvalue weighted by Crippen LogP contribution is -2.27. The molecule has 1 heterocycles. The Morgan fingerprint density at radius 3 is 2.60 bits per heavy atom. The monoisotopic (exact) mass is 407 g/mol. The van der Waals surface area contributed by atoms with Crippen LogP contribution < -0.4 is 5.32 Å². The van der Waals surface area contributed by atoms with Crippen LogP contribution in [-0.4, -0.2) is 39.6 Å². The molecule has 1 aliphatic carbocycles. The zero-order chi connectivity index (χ0) is 21.7. The lowest BCUT2D eigenvalue weighted by Gasteiger charge is -2.17. The van der Waals surface area contributed by atoms with Crippen LogP contribution in [0.4, 0.5) is 0 Å². The molecule has 7 nitrogen and oxygen atoms in total. The molecule has 0 aliphatic heterocycles. The van der Waals surface area contributed by atoms with Crippen molar-refractivity contribution >= 4 is 11.8 Å². The zero-order valence-corrected chi connectivity index (χ0v) is 17.9. The van der Waals surface area contributed by atoms with Gasteiger partial charge in [0, 0.05) is 37.3 Å². The zero-order valence-electron chi connectivity index (χ0n) is 17.9. The number of carbonyl (C=O) groups is 2. The molecule has 1 saturated carbocycles. The molecule has 30 heavy (non-hydrogen) atoms. The maximum atomic E-state index is 12.6. The predicted octanol–water partition coefficient (Wildman–Crippen LogP) is 2.90. The smallest absolute Gasteiger partial charge is 0.251 e. The van der Waals surface area contributed by atoms with Crippen molar-refractivity contribution in [3.63, 3.8) is 0 Å². The van der Waals surface area contributed by atoms with Gasteiger partial charge in [0.05, 0.1) is 24.7 Å². The number of carbonyl (C=O) groups excluding carboxylic acids is 2. The van der Waals surface area contributed by atoms with Crippen LogP contribution in [0.25, 0.3) is 0 Å². The first-order valence-electron chi connectivity index (χ1n) is 10.4. The largest absolute Gasteiger partial charge is 0.349 e. The average Bonchev–Trinajstić information content (AvgIpc) is 3.50. The quantitative estimate of drug-likeness (QED) is 0.692. The van der Waals surface area contributed by atoms with Crippen LogP contribution in [0.2, 0.25) is 0 Å². The van der Waals surface area contributed by atoms with E-state index in [4.69, 9.17) is 5.26 Å². The molecule has 0 bridgehead atoms. The molecular formula is C23H29N5O2. The van der Waals surface area contributed by atoms with E-state index in [1.165, 1.54) is 0 Å². The molecular weight excluding hydrogens is 378 g/mol.